The molecule has 0 unspecified atom stereocenters. The van der Waals surface area contributed by atoms with E-state index in [1.807, 2.05) is 45.8 Å². The van der Waals surface area contributed by atoms with Crippen molar-refractivity contribution in [1.82, 2.24) is 4.98 Å². The predicted octanol–water partition coefficient (Wildman–Crippen LogP) is 1.46. The predicted molar refractivity (Wildman–Crippen MR) is 74.6 cm³/mol. The monoisotopic (exact) mass is 250 g/mol. The average Bonchev–Trinajstić information content (AvgIpc) is 2.27. The number of hydrogen-bond acceptors (Lipinski definition) is 4. The lowest BCUT2D eigenvalue weighted by molar-refractivity contribution is -0.119. The first-order valence-electron chi connectivity index (χ1n) is 5.91. The number of amides is 1. The van der Waals surface area contributed by atoms with Crippen molar-refractivity contribution < 1.29 is 4.79 Å². The Labute approximate surface area is 108 Å². The van der Waals surface area contributed by atoms with Crippen LogP contribution in [0.1, 0.15) is 20.8 Å². The second-order valence-electron chi connectivity index (χ2n) is 5.62. The smallest absolute Gasteiger partial charge is 0.241 e. The molecule has 0 aliphatic heterocycles. The molecule has 0 aliphatic carbocycles. The van der Waals surface area contributed by atoms with E-state index in [0.717, 1.165) is 5.69 Å². The molecule has 0 radical (unpaired) electrons. The third-order valence-electron chi connectivity index (χ3n) is 2.75. The van der Waals surface area contributed by atoms with Crippen LogP contribution in [0.25, 0.3) is 0 Å². The standard InChI is InChI=1S/C13H22N4O/c1-13(2,3)11(14)12(18)16-9-8-15-7-6-10(9)17(4)5/h6-8,11H,14H2,1-5H3,(H,16,18)/t11-/m1/s1. The number of rotatable bonds is 3. The number of nitrogens with one attached hydrogen (secondary N) is 1. The number of nitrogens with two attached hydrogens (primary N) is 1. The largest absolute Gasteiger partial charge is 0.376 e. The van der Waals surface area contributed by atoms with Gasteiger partial charge in [0.2, 0.25) is 5.91 Å². The summed E-state index contributed by atoms with van der Waals surface area (Å²) in [6.07, 6.45) is 3.32. The maximum absolute atomic E-state index is 12.1. The topological polar surface area (TPSA) is 71.2 Å². The minimum Gasteiger partial charge on any atom is -0.376 e. The Morgan fingerprint density at radius 2 is 2.06 bits per heavy atom. The van der Waals surface area contributed by atoms with Crippen molar-refractivity contribution in [1.29, 1.82) is 0 Å². The lowest BCUT2D eigenvalue weighted by Gasteiger charge is -2.26. The van der Waals surface area contributed by atoms with Crippen molar-refractivity contribution in [2.75, 3.05) is 24.3 Å². The molecule has 3 N–H and O–H groups in total. The Morgan fingerprint density at radius 3 is 2.56 bits per heavy atom. The van der Waals surface area contributed by atoms with Gasteiger partial charge in [-0.15, -0.1) is 0 Å². The average molecular weight is 250 g/mol. The summed E-state index contributed by atoms with van der Waals surface area (Å²) < 4.78 is 0. The first-order valence-corrected chi connectivity index (χ1v) is 5.91. The number of aromatic nitrogens is 1. The summed E-state index contributed by atoms with van der Waals surface area (Å²) in [6.45, 7) is 5.81. The fraction of sp³-hybridized carbons (Fsp3) is 0.538. The number of pyridine rings is 1. The number of anilines is 2. The molecule has 5 heteroatoms. The van der Waals surface area contributed by atoms with Crippen LogP contribution in [-0.2, 0) is 4.79 Å². The number of nitrogens with zero attached hydrogens (tertiary/aromatic N) is 2. The third kappa shape index (κ3) is 3.43. The summed E-state index contributed by atoms with van der Waals surface area (Å²) >= 11 is 0. The Bertz CT molecular complexity index is 423. The van der Waals surface area contributed by atoms with Gasteiger partial charge in [0.05, 0.1) is 23.6 Å². The summed E-state index contributed by atoms with van der Waals surface area (Å²) in [5.74, 6) is -0.196. The molecule has 1 aromatic rings. The van der Waals surface area contributed by atoms with Gasteiger partial charge in [-0.3, -0.25) is 9.78 Å². The first kappa shape index (κ1) is 14.4. The molecule has 1 aromatic heterocycles. The van der Waals surface area contributed by atoms with Crippen LogP contribution < -0.4 is 16.0 Å². The fourth-order valence-electron chi connectivity index (χ4n) is 1.48. The second kappa shape index (κ2) is 5.35. The summed E-state index contributed by atoms with van der Waals surface area (Å²) in [5.41, 5.74) is 7.22. The third-order valence-corrected chi connectivity index (χ3v) is 2.75. The van der Waals surface area contributed by atoms with Gasteiger partial charge in [-0.2, -0.15) is 0 Å². The van der Waals surface area contributed by atoms with Crippen LogP contribution in [0.5, 0.6) is 0 Å². The summed E-state index contributed by atoms with van der Waals surface area (Å²) in [5, 5.41) is 2.83. The first-order chi connectivity index (χ1) is 8.23. The van der Waals surface area contributed by atoms with Crippen LogP contribution in [0.4, 0.5) is 11.4 Å². The molecule has 1 rings (SSSR count). The molecule has 0 aliphatic rings. The van der Waals surface area contributed by atoms with Crippen molar-refractivity contribution in [2.24, 2.45) is 11.1 Å². The van der Waals surface area contributed by atoms with Crippen LogP contribution in [0.3, 0.4) is 0 Å². The molecule has 0 bridgehead atoms. The molecule has 0 fully saturated rings. The van der Waals surface area contributed by atoms with Gasteiger partial charge in [0.25, 0.3) is 0 Å². The van der Waals surface area contributed by atoms with Crippen molar-refractivity contribution in [3.8, 4) is 0 Å². The van der Waals surface area contributed by atoms with Crippen LogP contribution in [0.2, 0.25) is 0 Å². The molecular formula is C13H22N4O. The molecule has 1 amide bonds. The van der Waals surface area contributed by atoms with Crippen LogP contribution in [0.15, 0.2) is 18.5 Å². The van der Waals surface area contributed by atoms with E-state index >= 15 is 0 Å². The van der Waals surface area contributed by atoms with Gasteiger partial charge in [0.1, 0.15) is 0 Å². The number of carbonyl (C=O) groups is 1. The van der Waals surface area contributed by atoms with Gasteiger partial charge in [-0.1, -0.05) is 20.8 Å². The van der Waals surface area contributed by atoms with Gasteiger partial charge >= 0.3 is 0 Å². The van der Waals surface area contributed by atoms with Gasteiger partial charge in [-0.25, -0.2) is 0 Å². The Balaban J connectivity index is 2.89. The number of carbonyl (C=O) groups excluding carboxylic acids is 1. The highest BCUT2D eigenvalue weighted by Gasteiger charge is 2.27. The van der Waals surface area contributed by atoms with Gasteiger partial charge in [0, 0.05) is 20.3 Å². The normalized spacial score (nSPS) is 13.0. The van der Waals surface area contributed by atoms with Crippen molar-refractivity contribution in [2.45, 2.75) is 26.8 Å². The molecule has 0 saturated heterocycles. The van der Waals surface area contributed by atoms with Crippen molar-refractivity contribution in [3.05, 3.63) is 18.5 Å². The van der Waals surface area contributed by atoms with Gasteiger partial charge in [0.15, 0.2) is 0 Å². The molecule has 1 heterocycles. The zero-order valence-electron chi connectivity index (χ0n) is 11.7. The molecule has 0 spiro atoms. The lowest BCUT2D eigenvalue weighted by atomic mass is 9.87. The minimum atomic E-state index is -0.562. The minimum absolute atomic E-state index is 0.196. The molecular weight excluding hydrogens is 228 g/mol. The quantitative estimate of drug-likeness (QED) is 0.852. The van der Waals surface area contributed by atoms with Crippen molar-refractivity contribution >= 4 is 17.3 Å². The Morgan fingerprint density at radius 1 is 1.44 bits per heavy atom. The summed E-state index contributed by atoms with van der Waals surface area (Å²) in [4.78, 5) is 18.0. The van der Waals surface area contributed by atoms with E-state index in [2.05, 4.69) is 10.3 Å². The van der Waals surface area contributed by atoms with Crippen LogP contribution in [-0.4, -0.2) is 31.0 Å². The Hall–Kier alpha value is -1.62. The Kier molecular flexibility index (Phi) is 4.29. The van der Waals surface area contributed by atoms with Crippen molar-refractivity contribution in [3.63, 3.8) is 0 Å². The highest BCUT2D eigenvalue weighted by atomic mass is 16.2. The maximum atomic E-state index is 12.1. The van der Waals surface area contributed by atoms with Crippen LogP contribution in [0, 0.1) is 5.41 Å². The molecule has 100 valence electrons. The van der Waals surface area contributed by atoms with E-state index in [1.165, 1.54) is 0 Å². The SMILES string of the molecule is CN(C)c1ccncc1NC(=O)[C@@H](N)C(C)(C)C. The highest BCUT2D eigenvalue weighted by Crippen LogP contribution is 2.24. The fourth-order valence-corrected chi connectivity index (χ4v) is 1.48. The highest BCUT2D eigenvalue weighted by molar-refractivity contribution is 5.97. The zero-order chi connectivity index (χ0) is 13.9. The van der Waals surface area contributed by atoms with E-state index in [4.69, 9.17) is 5.73 Å². The van der Waals surface area contributed by atoms with E-state index in [9.17, 15) is 4.79 Å². The van der Waals surface area contributed by atoms with Gasteiger partial charge < -0.3 is 16.0 Å². The number of hydrogen-bond donors (Lipinski definition) is 2. The maximum Gasteiger partial charge on any atom is 0.241 e. The van der Waals surface area contributed by atoms with Gasteiger partial charge in [-0.05, 0) is 11.5 Å². The molecule has 0 aromatic carbocycles. The molecule has 0 saturated carbocycles. The van der Waals surface area contributed by atoms with E-state index in [-0.39, 0.29) is 11.3 Å². The zero-order valence-corrected chi connectivity index (χ0v) is 11.7. The molecule has 18 heavy (non-hydrogen) atoms. The summed E-state index contributed by atoms with van der Waals surface area (Å²) in [7, 11) is 3.82. The van der Waals surface area contributed by atoms with E-state index < -0.39 is 6.04 Å². The molecule has 5 nitrogen and oxygen atoms in total. The molecule has 1 atom stereocenters. The van der Waals surface area contributed by atoms with Crippen LogP contribution >= 0.6 is 0 Å². The second-order valence-corrected chi connectivity index (χ2v) is 5.62. The summed E-state index contributed by atoms with van der Waals surface area (Å²) in [6, 6.07) is 1.28. The lowest BCUT2D eigenvalue weighted by Crippen LogP contribution is -2.45. The van der Waals surface area contributed by atoms with E-state index in [1.54, 1.807) is 12.4 Å². The van der Waals surface area contributed by atoms with E-state index in [0.29, 0.717) is 5.69 Å².